The number of halogens is 1. The number of hydrogen-bond donors (Lipinski definition) is 0. The second-order valence-corrected chi connectivity index (χ2v) is 8.62. The average molecular weight is 457 g/mol. The molecule has 32 heavy (non-hydrogen) atoms. The van der Waals surface area contributed by atoms with Gasteiger partial charge in [0.25, 0.3) is 5.56 Å². The number of carbonyl (C=O) groups excluding carboxylic acids is 1. The first-order valence-corrected chi connectivity index (χ1v) is 10.5. The van der Waals surface area contributed by atoms with Crippen LogP contribution in [0.2, 0.25) is 5.28 Å². The van der Waals surface area contributed by atoms with E-state index in [0.717, 1.165) is 14.7 Å². The van der Waals surface area contributed by atoms with Crippen molar-refractivity contribution in [3.63, 3.8) is 0 Å². The molecule has 1 aromatic carbocycles. The highest BCUT2D eigenvalue weighted by Gasteiger charge is 2.25. The summed E-state index contributed by atoms with van der Waals surface area (Å²) in [5, 5.41) is 0.0240. The maximum absolute atomic E-state index is 13.3. The van der Waals surface area contributed by atoms with Crippen molar-refractivity contribution < 1.29 is 9.53 Å². The molecular formula is C23H25ClN4O4. The van der Waals surface area contributed by atoms with Crippen LogP contribution in [0.4, 0.5) is 0 Å². The highest BCUT2D eigenvalue weighted by molar-refractivity contribution is 6.29. The molecule has 3 rings (SSSR count). The Hall–Kier alpha value is -3.31. The van der Waals surface area contributed by atoms with Gasteiger partial charge in [-0.05, 0) is 51.3 Å². The SMILES string of the molecule is CC#CCn1c(Cl)nc2c1c(=O)n(CCc1ccccc1)c(=O)n2COC(=O)C(C)(C)C. The van der Waals surface area contributed by atoms with Crippen molar-refractivity contribution in [2.45, 2.75) is 53.9 Å². The fraction of sp³-hybridized carbons (Fsp3) is 0.391. The van der Waals surface area contributed by atoms with E-state index in [4.69, 9.17) is 16.3 Å². The van der Waals surface area contributed by atoms with Gasteiger partial charge in [-0.1, -0.05) is 36.3 Å². The molecule has 0 aliphatic heterocycles. The summed E-state index contributed by atoms with van der Waals surface area (Å²) >= 11 is 6.27. The number of benzene rings is 1. The number of nitrogens with zero attached hydrogens (tertiary/aromatic N) is 4. The highest BCUT2D eigenvalue weighted by atomic mass is 35.5. The first-order chi connectivity index (χ1) is 15.1. The van der Waals surface area contributed by atoms with Crippen LogP contribution >= 0.6 is 11.6 Å². The van der Waals surface area contributed by atoms with Gasteiger partial charge in [0.1, 0.15) is 0 Å². The van der Waals surface area contributed by atoms with Gasteiger partial charge in [-0.15, -0.1) is 5.92 Å². The van der Waals surface area contributed by atoms with Crippen LogP contribution in [0.15, 0.2) is 39.9 Å². The molecule has 0 aliphatic carbocycles. The zero-order valence-electron chi connectivity index (χ0n) is 18.5. The summed E-state index contributed by atoms with van der Waals surface area (Å²) in [4.78, 5) is 43.0. The van der Waals surface area contributed by atoms with E-state index in [-0.39, 0.29) is 36.3 Å². The number of carbonyl (C=O) groups is 1. The fourth-order valence-electron chi connectivity index (χ4n) is 3.11. The Morgan fingerprint density at radius 3 is 2.44 bits per heavy atom. The molecule has 0 unspecified atom stereocenters. The van der Waals surface area contributed by atoms with Gasteiger partial charge in [0.05, 0.1) is 12.0 Å². The summed E-state index contributed by atoms with van der Waals surface area (Å²) in [7, 11) is 0. The molecule has 0 saturated heterocycles. The summed E-state index contributed by atoms with van der Waals surface area (Å²) in [6, 6.07) is 9.53. The normalized spacial score (nSPS) is 11.3. The van der Waals surface area contributed by atoms with Gasteiger partial charge in [0, 0.05) is 6.54 Å². The van der Waals surface area contributed by atoms with E-state index in [2.05, 4.69) is 16.8 Å². The Labute approximate surface area is 190 Å². The third-order valence-electron chi connectivity index (χ3n) is 4.89. The third-order valence-corrected chi connectivity index (χ3v) is 5.17. The maximum atomic E-state index is 13.3. The van der Waals surface area contributed by atoms with Gasteiger partial charge < -0.3 is 4.74 Å². The molecule has 0 aliphatic rings. The number of aryl methyl sites for hydroxylation is 1. The van der Waals surface area contributed by atoms with Crippen LogP contribution < -0.4 is 11.2 Å². The Kier molecular flexibility index (Phi) is 6.90. The number of fused-ring (bicyclic) bond motifs is 1. The molecule has 0 N–H and O–H groups in total. The highest BCUT2D eigenvalue weighted by Crippen LogP contribution is 2.18. The average Bonchev–Trinajstić information content (AvgIpc) is 3.07. The van der Waals surface area contributed by atoms with Crippen molar-refractivity contribution in [1.29, 1.82) is 0 Å². The molecule has 2 heterocycles. The van der Waals surface area contributed by atoms with Crippen LogP contribution in [0, 0.1) is 17.3 Å². The molecule has 2 aromatic heterocycles. The lowest BCUT2D eigenvalue weighted by Gasteiger charge is -2.18. The standard InChI is InChI=1S/C23H25ClN4O4/c1-5-6-13-26-17-18(25-21(26)24)28(15-32-20(30)23(2,3)4)22(31)27(19(17)29)14-12-16-10-8-7-9-11-16/h7-11H,12-15H2,1-4H3. The van der Waals surface area contributed by atoms with Crippen molar-refractivity contribution >= 4 is 28.7 Å². The largest absolute Gasteiger partial charge is 0.443 e. The Morgan fingerprint density at radius 1 is 1.12 bits per heavy atom. The molecular weight excluding hydrogens is 432 g/mol. The molecule has 3 aromatic rings. The van der Waals surface area contributed by atoms with E-state index in [0.29, 0.717) is 6.42 Å². The van der Waals surface area contributed by atoms with E-state index in [1.807, 2.05) is 30.3 Å². The molecule has 0 bridgehead atoms. The molecule has 0 radical (unpaired) electrons. The minimum Gasteiger partial charge on any atom is -0.443 e. The van der Waals surface area contributed by atoms with Crippen LogP contribution in [0.1, 0.15) is 33.3 Å². The van der Waals surface area contributed by atoms with Crippen LogP contribution in [-0.2, 0) is 35.8 Å². The summed E-state index contributed by atoms with van der Waals surface area (Å²) in [5.74, 6) is 5.13. The number of imidazole rings is 1. The van der Waals surface area contributed by atoms with Crippen molar-refractivity contribution in [3.05, 3.63) is 62.0 Å². The van der Waals surface area contributed by atoms with Crippen molar-refractivity contribution in [2.75, 3.05) is 0 Å². The second-order valence-electron chi connectivity index (χ2n) is 8.28. The molecule has 0 amide bonds. The van der Waals surface area contributed by atoms with Gasteiger partial charge in [-0.3, -0.25) is 18.7 Å². The molecule has 9 heteroatoms. The summed E-state index contributed by atoms with van der Waals surface area (Å²) in [6.45, 7) is 6.71. The topological polar surface area (TPSA) is 88.1 Å². The van der Waals surface area contributed by atoms with E-state index in [1.54, 1.807) is 27.7 Å². The number of rotatable bonds is 6. The summed E-state index contributed by atoms with van der Waals surface area (Å²) in [6.07, 6.45) is 0.472. The lowest BCUT2D eigenvalue weighted by atomic mass is 9.98. The van der Waals surface area contributed by atoms with Gasteiger partial charge in [0.15, 0.2) is 17.9 Å². The van der Waals surface area contributed by atoms with Gasteiger partial charge in [0.2, 0.25) is 5.28 Å². The van der Waals surface area contributed by atoms with E-state index in [9.17, 15) is 14.4 Å². The van der Waals surface area contributed by atoms with Gasteiger partial charge >= 0.3 is 11.7 Å². The lowest BCUT2D eigenvalue weighted by Crippen LogP contribution is -2.42. The number of aromatic nitrogens is 4. The van der Waals surface area contributed by atoms with E-state index < -0.39 is 22.6 Å². The predicted octanol–water partition coefficient (Wildman–Crippen LogP) is 2.83. The Bertz CT molecular complexity index is 1320. The molecule has 8 nitrogen and oxygen atoms in total. The number of ether oxygens (including phenoxy) is 1. The Morgan fingerprint density at radius 2 is 1.81 bits per heavy atom. The third kappa shape index (κ3) is 4.78. The smallest absolute Gasteiger partial charge is 0.335 e. The van der Waals surface area contributed by atoms with Gasteiger partial charge in [-0.2, -0.15) is 4.98 Å². The number of esters is 1. The zero-order chi connectivity index (χ0) is 23.5. The van der Waals surface area contributed by atoms with Crippen LogP contribution in [0.5, 0.6) is 0 Å². The predicted molar refractivity (Wildman–Crippen MR) is 122 cm³/mol. The molecule has 0 saturated carbocycles. The summed E-state index contributed by atoms with van der Waals surface area (Å²) < 4.78 is 9.09. The van der Waals surface area contributed by atoms with Crippen LogP contribution in [-0.4, -0.2) is 24.7 Å². The minimum atomic E-state index is -0.752. The van der Waals surface area contributed by atoms with Gasteiger partial charge in [-0.25, -0.2) is 9.36 Å². The van der Waals surface area contributed by atoms with E-state index >= 15 is 0 Å². The molecule has 0 atom stereocenters. The molecule has 0 spiro atoms. The lowest BCUT2D eigenvalue weighted by molar-refractivity contribution is -0.156. The first kappa shape index (κ1) is 23.4. The van der Waals surface area contributed by atoms with E-state index in [1.165, 1.54) is 4.57 Å². The number of hydrogen-bond acceptors (Lipinski definition) is 5. The van der Waals surface area contributed by atoms with Crippen molar-refractivity contribution in [2.24, 2.45) is 5.41 Å². The molecule has 0 fully saturated rings. The maximum Gasteiger partial charge on any atom is 0.335 e. The zero-order valence-corrected chi connectivity index (χ0v) is 19.3. The first-order valence-electron chi connectivity index (χ1n) is 10.1. The molecule has 168 valence electrons. The monoisotopic (exact) mass is 456 g/mol. The van der Waals surface area contributed by atoms with Crippen molar-refractivity contribution in [3.8, 4) is 11.8 Å². The minimum absolute atomic E-state index is 0.0240. The quantitative estimate of drug-likeness (QED) is 0.323. The van der Waals surface area contributed by atoms with Crippen LogP contribution in [0.3, 0.4) is 0 Å². The fourth-order valence-corrected chi connectivity index (χ4v) is 3.33. The Balaban J connectivity index is 2.14. The van der Waals surface area contributed by atoms with Crippen molar-refractivity contribution in [1.82, 2.24) is 18.7 Å². The van der Waals surface area contributed by atoms with Crippen LogP contribution in [0.25, 0.3) is 11.2 Å². The second kappa shape index (κ2) is 9.45. The summed E-state index contributed by atoms with van der Waals surface area (Å²) in [5.41, 5.74) is -0.719.